The molecule has 0 aliphatic heterocycles. The fraction of sp³-hybridized carbons (Fsp3) is 0. The Balaban J connectivity index is 2.85. The van der Waals surface area contributed by atoms with E-state index in [-0.39, 0.29) is 16.8 Å². The average molecular weight is 269 g/mol. The van der Waals surface area contributed by atoms with E-state index in [4.69, 9.17) is 9.52 Å². The van der Waals surface area contributed by atoms with E-state index >= 15 is 0 Å². The summed E-state index contributed by atoms with van der Waals surface area (Å²) in [5.74, 6) is -1.61. The quantitative estimate of drug-likeness (QED) is 0.862. The van der Waals surface area contributed by atoms with Crippen LogP contribution in [0.3, 0.4) is 0 Å². The summed E-state index contributed by atoms with van der Waals surface area (Å²) >= 11 is 3.21. The van der Waals surface area contributed by atoms with Gasteiger partial charge in [0.05, 0.1) is 5.39 Å². The number of carbonyl (C=O) groups is 1. The summed E-state index contributed by atoms with van der Waals surface area (Å²) in [6, 6.07) is 5.80. The minimum Gasteiger partial charge on any atom is -0.475 e. The van der Waals surface area contributed by atoms with Gasteiger partial charge in [-0.25, -0.2) is 4.79 Å². The van der Waals surface area contributed by atoms with Crippen molar-refractivity contribution in [3.8, 4) is 0 Å². The lowest BCUT2D eigenvalue weighted by molar-refractivity contribution is 0.0663. The number of hydrogen-bond donors (Lipinski definition) is 1. The monoisotopic (exact) mass is 268 g/mol. The van der Waals surface area contributed by atoms with Crippen molar-refractivity contribution in [3.05, 3.63) is 44.7 Å². The first-order valence-corrected chi connectivity index (χ1v) is 4.84. The number of halogens is 1. The molecule has 0 fully saturated rings. The van der Waals surface area contributed by atoms with Gasteiger partial charge < -0.3 is 9.52 Å². The summed E-state index contributed by atoms with van der Waals surface area (Å²) in [7, 11) is 0. The Bertz CT molecular complexity index is 600. The number of hydrogen-bond acceptors (Lipinski definition) is 3. The van der Waals surface area contributed by atoms with E-state index in [1.165, 1.54) is 0 Å². The zero-order chi connectivity index (χ0) is 11.0. The van der Waals surface area contributed by atoms with Gasteiger partial charge in [0.25, 0.3) is 0 Å². The van der Waals surface area contributed by atoms with Crippen LogP contribution >= 0.6 is 15.9 Å². The SMILES string of the molecule is O=C(O)c1cc(=O)c2ccc(Br)cc2o1. The van der Waals surface area contributed by atoms with Gasteiger partial charge in [-0.2, -0.15) is 0 Å². The molecule has 0 bridgehead atoms. The van der Waals surface area contributed by atoms with Crippen molar-refractivity contribution < 1.29 is 14.3 Å². The maximum atomic E-state index is 11.5. The van der Waals surface area contributed by atoms with Crippen LogP contribution in [0.15, 0.2) is 37.9 Å². The Kier molecular flexibility index (Phi) is 2.32. The Morgan fingerprint density at radius 1 is 1.33 bits per heavy atom. The standard InChI is InChI=1S/C10H5BrO4/c11-5-1-2-6-7(12)4-9(10(13)14)15-8(6)3-5/h1-4H,(H,13,14). The lowest BCUT2D eigenvalue weighted by Crippen LogP contribution is -2.06. The highest BCUT2D eigenvalue weighted by Gasteiger charge is 2.10. The van der Waals surface area contributed by atoms with Crippen LogP contribution in [0.5, 0.6) is 0 Å². The third-order valence-electron chi connectivity index (χ3n) is 1.90. The molecule has 2 rings (SSSR count). The van der Waals surface area contributed by atoms with Crippen LogP contribution in [0.1, 0.15) is 10.6 Å². The molecule has 5 heteroatoms. The smallest absolute Gasteiger partial charge is 0.371 e. The second kappa shape index (κ2) is 3.51. The van der Waals surface area contributed by atoms with Crippen molar-refractivity contribution in [1.29, 1.82) is 0 Å². The fourth-order valence-corrected chi connectivity index (χ4v) is 1.57. The fourth-order valence-electron chi connectivity index (χ4n) is 1.23. The second-order valence-corrected chi connectivity index (χ2v) is 3.84. The second-order valence-electron chi connectivity index (χ2n) is 2.92. The molecule has 0 unspecified atom stereocenters. The number of carboxylic acids is 1. The highest BCUT2D eigenvalue weighted by atomic mass is 79.9. The van der Waals surface area contributed by atoms with Gasteiger partial charge in [0.1, 0.15) is 5.58 Å². The van der Waals surface area contributed by atoms with Gasteiger partial charge in [-0.3, -0.25) is 4.79 Å². The highest BCUT2D eigenvalue weighted by molar-refractivity contribution is 9.10. The van der Waals surface area contributed by atoms with Crippen molar-refractivity contribution in [2.45, 2.75) is 0 Å². The molecule has 0 atom stereocenters. The number of carboxylic acid groups (broad SMARTS) is 1. The molecule has 1 aromatic carbocycles. The Morgan fingerprint density at radius 2 is 2.07 bits per heavy atom. The molecule has 0 aliphatic carbocycles. The Morgan fingerprint density at radius 3 is 2.73 bits per heavy atom. The van der Waals surface area contributed by atoms with Crippen molar-refractivity contribution in [1.82, 2.24) is 0 Å². The highest BCUT2D eigenvalue weighted by Crippen LogP contribution is 2.18. The molecule has 2 aromatic rings. The lowest BCUT2D eigenvalue weighted by Gasteiger charge is -1.98. The summed E-state index contributed by atoms with van der Waals surface area (Å²) in [5, 5.41) is 9.06. The minimum absolute atomic E-state index is 0.259. The van der Waals surface area contributed by atoms with E-state index < -0.39 is 5.97 Å². The van der Waals surface area contributed by atoms with Crippen LogP contribution < -0.4 is 5.43 Å². The van der Waals surface area contributed by atoms with Crippen LogP contribution in [0.25, 0.3) is 11.0 Å². The van der Waals surface area contributed by atoms with Gasteiger partial charge in [0.2, 0.25) is 5.76 Å². The van der Waals surface area contributed by atoms with E-state index in [0.29, 0.717) is 5.39 Å². The van der Waals surface area contributed by atoms with Crippen molar-refractivity contribution in [2.75, 3.05) is 0 Å². The van der Waals surface area contributed by atoms with Crippen molar-refractivity contribution in [2.24, 2.45) is 0 Å². The van der Waals surface area contributed by atoms with Crippen molar-refractivity contribution >= 4 is 32.9 Å². The zero-order valence-electron chi connectivity index (χ0n) is 7.36. The lowest BCUT2D eigenvalue weighted by atomic mass is 10.2. The van der Waals surface area contributed by atoms with Gasteiger partial charge >= 0.3 is 5.97 Å². The molecule has 1 heterocycles. The molecule has 76 valence electrons. The molecule has 0 saturated heterocycles. The van der Waals surface area contributed by atoms with Crippen LogP contribution in [0.4, 0.5) is 0 Å². The number of benzene rings is 1. The van der Waals surface area contributed by atoms with Crippen molar-refractivity contribution in [3.63, 3.8) is 0 Å². The third kappa shape index (κ3) is 1.78. The molecule has 1 aromatic heterocycles. The molecule has 1 N–H and O–H groups in total. The van der Waals surface area contributed by atoms with E-state index in [1.54, 1.807) is 18.2 Å². The van der Waals surface area contributed by atoms with Crippen LogP contribution in [0.2, 0.25) is 0 Å². The topological polar surface area (TPSA) is 67.5 Å². The first-order valence-electron chi connectivity index (χ1n) is 4.04. The van der Waals surface area contributed by atoms with Crippen LogP contribution in [-0.4, -0.2) is 11.1 Å². The van der Waals surface area contributed by atoms with Gasteiger partial charge in [-0.15, -0.1) is 0 Å². The average Bonchev–Trinajstić information content (AvgIpc) is 2.16. The Hall–Kier alpha value is -1.62. The molecule has 0 amide bonds. The van der Waals surface area contributed by atoms with Gasteiger partial charge in [-0.05, 0) is 18.2 Å². The van der Waals surface area contributed by atoms with Crippen LogP contribution in [0, 0.1) is 0 Å². The maximum Gasteiger partial charge on any atom is 0.371 e. The summed E-state index contributed by atoms with van der Waals surface area (Å²) in [6.07, 6.45) is 0. The van der Waals surface area contributed by atoms with Gasteiger partial charge in [0.15, 0.2) is 5.43 Å². The summed E-state index contributed by atoms with van der Waals surface area (Å²) < 4.78 is 5.78. The first-order chi connectivity index (χ1) is 7.08. The van der Waals surface area contributed by atoms with E-state index in [1.807, 2.05) is 0 Å². The summed E-state index contributed by atoms with van der Waals surface area (Å²) in [6.45, 7) is 0. The first kappa shape index (κ1) is 9.92. The molecule has 0 spiro atoms. The van der Waals surface area contributed by atoms with E-state index in [0.717, 1.165) is 10.5 Å². The predicted molar refractivity (Wildman–Crippen MR) is 57.1 cm³/mol. The molecule has 0 radical (unpaired) electrons. The molecular formula is C10H5BrO4. The largest absolute Gasteiger partial charge is 0.475 e. The minimum atomic E-state index is -1.26. The van der Waals surface area contributed by atoms with E-state index in [2.05, 4.69) is 15.9 Å². The summed E-state index contributed by atoms with van der Waals surface area (Å²) in [4.78, 5) is 22.1. The molecule has 0 saturated carbocycles. The van der Waals surface area contributed by atoms with Gasteiger partial charge in [-0.1, -0.05) is 15.9 Å². The molecular weight excluding hydrogens is 264 g/mol. The number of aromatic carboxylic acids is 1. The molecule has 0 aliphatic rings. The van der Waals surface area contributed by atoms with Gasteiger partial charge in [0, 0.05) is 10.5 Å². The normalized spacial score (nSPS) is 10.5. The predicted octanol–water partition coefficient (Wildman–Crippen LogP) is 2.25. The zero-order valence-corrected chi connectivity index (χ0v) is 8.95. The summed E-state index contributed by atoms with van der Waals surface area (Å²) in [5.41, 5.74) is -0.101. The number of fused-ring (bicyclic) bond motifs is 1. The number of rotatable bonds is 1. The maximum absolute atomic E-state index is 11.5. The molecule has 4 nitrogen and oxygen atoms in total. The Labute approximate surface area is 92.3 Å². The molecule has 15 heavy (non-hydrogen) atoms. The third-order valence-corrected chi connectivity index (χ3v) is 2.40. The van der Waals surface area contributed by atoms with Crippen LogP contribution in [-0.2, 0) is 0 Å². The van der Waals surface area contributed by atoms with E-state index in [9.17, 15) is 9.59 Å².